The van der Waals surface area contributed by atoms with Crippen molar-refractivity contribution in [2.45, 2.75) is 20.3 Å². The summed E-state index contributed by atoms with van der Waals surface area (Å²) in [6.07, 6.45) is 0.507. The first-order valence-corrected chi connectivity index (χ1v) is 6.54. The molecule has 0 spiro atoms. The monoisotopic (exact) mass is 283 g/mol. The fraction of sp³-hybridized carbons (Fsp3) is 0.188. The summed E-state index contributed by atoms with van der Waals surface area (Å²) in [5, 5.41) is 0. The van der Waals surface area contributed by atoms with Crippen LogP contribution in [-0.2, 0) is 6.42 Å². The van der Waals surface area contributed by atoms with Crippen LogP contribution in [0.4, 0.5) is 0 Å². The first-order valence-electron chi connectivity index (χ1n) is 6.54. The van der Waals surface area contributed by atoms with Crippen LogP contribution in [0, 0.1) is 13.8 Å². The first kappa shape index (κ1) is 14.7. The number of nitrogens with zero attached hydrogens (tertiary/aromatic N) is 1. The number of carbonyl (C=O) groups excluding carboxylic acids is 2. The van der Waals surface area contributed by atoms with Crippen molar-refractivity contribution >= 4 is 11.8 Å². The minimum atomic E-state index is -0.665. The molecule has 4 N–H and O–H groups in total. The van der Waals surface area contributed by atoms with Crippen molar-refractivity contribution in [1.29, 1.82) is 0 Å². The van der Waals surface area contributed by atoms with Crippen LogP contribution in [0.3, 0.4) is 0 Å². The summed E-state index contributed by atoms with van der Waals surface area (Å²) in [6, 6.07) is 9.47. The molecule has 21 heavy (non-hydrogen) atoms. The average molecular weight is 283 g/mol. The molecule has 0 unspecified atom stereocenters. The van der Waals surface area contributed by atoms with Crippen LogP contribution in [0.25, 0.3) is 0 Å². The van der Waals surface area contributed by atoms with Crippen molar-refractivity contribution in [3.63, 3.8) is 0 Å². The van der Waals surface area contributed by atoms with Crippen molar-refractivity contribution in [3.05, 3.63) is 64.0 Å². The quantitative estimate of drug-likeness (QED) is 0.889. The summed E-state index contributed by atoms with van der Waals surface area (Å²) in [5.41, 5.74) is 14.2. The molecule has 0 aliphatic rings. The molecule has 5 heteroatoms. The molecule has 0 aliphatic heterocycles. The van der Waals surface area contributed by atoms with E-state index in [2.05, 4.69) is 4.98 Å². The van der Waals surface area contributed by atoms with E-state index in [0.717, 1.165) is 11.1 Å². The van der Waals surface area contributed by atoms with Gasteiger partial charge in [-0.1, -0.05) is 24.3 Å². The number of benzene rings is 1. The number of hydrogen-bond acceptors (Lipinski definition) is 3. The van der Waals surface area contributed by atoms with E-state index in [9.17, 15) is 9.59 Å². The largest absolute Gasteiger partial charge is 0.366 e. The molecular formula is C16H17N3O2. The van der Waals surface area contributed by atoms with Gasteiger partial charge in [-0.15, -0.1) is 0 Å². The lowest BCUT2D eigenvalue weighted by Gasteiger charge is -2.11. The van der Waals surface area contributed by atoms with Gasteiger partial charge in [0.2, 0.25) is 5.91 Å². The number of primary amides is 2. The second-order valence-corrected chi connectivity index (χ2v) is 4.97. The SMILES string of the molecule is Cc1ccccc1Cc1cc(C(N)=O)c(C)c(C(N)=O)n1. The van der Waals surface area contributed by atoms with Crippen LogP contribution in [0.1, 0.15) is 43.2 Å². The van der Waals surface area contributed by atoms with Gasteiger partial charge in [0.1, 0.15) is 5.69 Å². The molecular weight excluding hydrogens is 266 g/mol. The first-order chi connectivity index (χ1) is 9.90. The van der Waals surface area contributed by atoms with Crippen LogP contribution in [0.5, 0.6) is 0 Å². The van der Waals surface area contributed by atoms with E-state index in [4.69, 9.17) is 11.5 Å². The molecule has 5 nitrogen and oxygen atoms in total. The maximum absolute atomic E-state index is 11.5. The number of nitrogens with two attached hydrogens (primary N) is 2. The van der Waals surface area contributed by atoms with E-state index >= 15 is 0 Å². The van der Waals surface area contributed by atoms with E-state index in [1.165, 1.54) is 0 Å². The normalized spacial score (nSPS) is 10.4. The minimum absolute atomic E-state index is 0.0925. The summed E-state index contributed by atoms with van der Waals surface area (Å²) < 4.78 is 0. The van der Waals surface area contributed by atoms with Gasteiger partial charge >= 0.3 is 0 Å². The number of carbonyl (C=O) groups is 2. The highest BCUT2D eigenvalue weighted by Crippen LogP contribution is 2.17. The molecule has 0 atom stereocenters. The zero-order valence-corrected chi connectivity index (χ0v) is 12.0. The van der Waals surface area contributed by atoms with Crippen molar-refractivity contribution in [1.82, 2.24) is 4.98 Å². The predicted molar refractivity (Wildman–Crippen MR) is 80.0 cm³/mol. The Bertz CT molecular complexity index is 688. The third-order valence-corrected chi connectivity index (χ3v) is 3.46. The van der Waals surface area contributed by atoms with Crippen LogP contribution >= 0.6 is 0 Å². The lowest BCUT2D eigenvalue weighted by molar-refractivity contribution is 0.0994. The standard InChI is InChI=1S/C16H17N3O2/c1-9-5-3-4-6-11(9)7-12-8-13(15(17)20)10(2)14(19-12)16(18)21/h3-6,8H,7H2,1-2H3,(H2,17,20)(H2,18,21). The number of amides is 2. The van der Waals surface area contributed by atoms with Gasteiger partial charge in [0.25, 0.3) is 5.91 Å². The fourth-order valence-corrected chi connectivity index (χ4v) is 2.25. The second kappa shape index (κ2) is 5.75. The Morgan fingerprint density at radius 3 is 2.33 bits per heavy atom. The minimum Gasteiger partial charge on any atom is -0.366 e. The molecule has 2 rings (SSSR count). The molecule has 2 amide bonds. The van der Waals surface area contributed by atoms with Gasteiger partial charge in [-0.05, 0) is 36.6 Å². The van der Waals surface area contributed by atoms with Gasteiger partial charge in [-0.3, -0.25) is 9.59 Å². The van der Waals surface area contributed by atoms with Crippen molar-refractivity contribution in [3.8, 4) is 0 Å². The Morgan fingerprint density at radius 1 is 1.10 bits per heavy atom. The highest BCUT2D eigenvalue weighted by Gasteiger charge is 2.16. The van der Waals surface area contributed by atoms with Crippen LogP contribution in [0.15, 0.2) is 30.3 Å². The van der Waals surface area contributed by atoms with Gasteiger partial charge in [0.05, 0.1) is 0 Å². The highest BCUT2D eigenvalue weighted by atomic mass is 16.1. The number of hydrogen-bond donors (Lipinski definition) is 2. The fourth-order valence-electron chi connectivity index (χ4n) is 2.25. The second-order valence-electron chi connectivity index (χ2n) is 4.97. The Balaban J connectivity index is 2.52. The van der Waals surface area contributed by atoms with Crippen molar-refractivity contribution in [2.24, 2.45) is 11.5 Å². The van der Waals surface area contributed by atoms with Gasteiger partial charge in [0, 0.05) is 17.7 Å². The Kier molecular flexibility index (Phi) is 4.03. The molecule has 0 bridgehead atoms. The number of aromatic nitrogens is 1. The average Bonchev–Trinajstić information content (AvgIpc) is 2.42. The van der Waals surface area contributed by atoms with Gasteiger partial charge in [-0.2, -0.15) is 0 Å². The van der Waals surface area contributed by atoms with Crippen LogP contribution < -0.4 is 11.5 Å². The molecule has 1 heterocycles. The topological polar surface area (TPSA) is 99.1 Å². The van der Waals surface area contributed by atoms with Crippen molar-refractivity contribution in [2.75, 3.05) is 0 Å². The maximum Gasteiger partial charge on any atom is 0.267 e. The zero-order chi connectivity index (χ0) is 15.6. The van der Waals surface area contributed by atoms with Gasteiger partial charge < -0.3 is 11.5 Å². The Morgan fingerprint density at radius 2 is 1.76 bits per heavy atom. The smallest absolute Gasteiger partial charge is 0.267 e. The molecule has 0 saturated carbocycles. The summed E-state index contributed by atoms with van der Waals surface area (Å²) in [4.78, 5) is 27.3. The third-order valence-electron chi connectivity index (χ3n) is 3.46. The van der Waals surface area contributed by atoms with Crippen LogP contribution in [-0.4, -0.2) is 16.8 Å². The number of aryl methyl sites for hydroxylation is 1. The Labute approximate surface area is 123 Å². The zero-order valence-electron chi connectivity index (χ0n) is 12.0. The molecule has 0 aliphatic carbocycles. The van der Waals surface area contributed by atoms with E-state index in [1.807, 2.05) is 31.2 Å². The molecule has 1 aromatic carbocycles. The molecule has 0 fully saturated rings. The molecule has 0 saturated heterocycles. The number of pyridine rings is 1. The van der Waals surface area contributed by atoms with E-state index in [1.54, 1.807) is 13.0 Å². The summed E-state index contributed by atoms with van der Waals surface area (Å²) in [6.45, 7) is 3.61. The maximum atomic E-state index is 11.5. The van der Waals surface area contributed by atoms with E-state index in [-0.39, 0.29) is 11.3 Å². The van der Waals surface area contributed by atoms with Crippen molar-refractivity contribution < 1.29 is 9.59 Å². The predicted octanol–water partition coefficient (Wildman–Crippen LogP) is 1.49. The molecule has 1 aromatic heterocycles. The third kappa shape index (κ3) is 3.08. The summed E-state index contributed by atoms with van der Waals surface area (Å²) >= 11 is 0. The molecule has 2 aromatic rings. The highest BCUT2D eigenvalue weighted by molar-refractivity contribution is 5.99. The van der Waals surface area contributed by atoms with Gasteiger partial charge in [-0.25, -0.2) is 4.98 Å². The molecule has 108 valence electrons. The Hall–Kier alpha value is -2.69. The van der Waals surface area contributed by atoms with Gasteiger partial charge in [0.15, 0.2) is 0 Å². The lowest BCUT2D eigenvalue weighted by Crippen LogP contribution is -2.21. The lowest BCUT2D eigenvalue weighted by atomic mass is 10.00. The van der Waals surface area contributed by atoms with Crippen LogP contribution in [0.2, 0.25) is 0 Å². The summed E-state index contributed by atoms with van der Waals surface area (Å²) in [7, 11) is 0. The van der Waals surface area contributed by atoms with E-state index < -0.39 is 11.8 Å². The number of rotatable bonds is 4. The van der Waals surface area contributed by atoms with E-state index in [0.29, 0.717) is 17.7 Å². The molecule has 0 radical (unpaired) electrons. The summed E-state index contributed by atoms with van der Waals surface area (Å²) in [5.74, 6) is -1.26.